The highest BCUT2D eigenvalue weighted by atomic mass is 35.5. The van der Waals surface area contributed by atoms with Crippen LogP contribution in [-0.2, 0) is 10.9 Å². The molecular formula is C11H12ClF3N2O2. The van der Waals surface area contributed by atoms with Gasteiger partial charge in [-0.2, -0.15) is 18.2 Å². The van der Waals surface area contributed by atoms with Gasteiger partial charge in [0.2, 0.25) is 11.7 Å². The van der Waals surface area contributed by atoms with Crippen LogP contribution in [0.1, 0.15) is 25.1 Å². The lowest BCUT2D eigenvalue weighted by Gasteiger charge is -2.22. The van der Waals surface area contributed by atoms with Crippen LogP contribution in [0.5, 0.6) is 5.88 Å². The Kier molecular flexibility index (Phi) is 4.46. The van der Waals surface area contributed by atoms with Crippen molar-refractivity contribution in [3.05, 3.63) is 17.0 Å². The monoisotopic (exact) mass is 296 g/mol. The quantitative estimate of drug-likeness (QED) is 0.804. The number of halogens is 4. The smallest absolute Gasteiger partial charge is 0.451 e. The van der Waals surface area contributed by atoms with E-state index in [0.717, 1.165) is 25.3 Å². The van der Waals surface area contributed by atoms with Crippen molar-refractivity contribution in [1.82, 2.24) is 9.97 Å². The van der Waals surface area contributed by atoms with Crippen LogP contribution in [0, 0.1) is 0 Å². The Labute approximate surface area is 112 Å². The summed E-state index contributed by atoms with van der Waals surface area (Å²) in [6, 6.07) is 1.15. The number of ether oxygens (including phenoxy) is 2. The van der Waals surface area contributed by atoms with Gasteiger partial charge in [0, 0.05) is 12.7 Å². The van der Waals surface area contributed by atoms with Crippen LogP contribution in [0.2, 0.25) is 5.15 Å². The van der Waals surface area contributed by atoms with Gasteiger partial charge in [-0.15, -0.1) is 0 Å². The molecule has 1 unspecified atom stereocenters. The van der Waals surface area contributed by atoms with Crippen molar-refractivity contribution in [3.8, 4) is 5.88 Å². The summed E-state index contributed by atoms with van der Waals surface area (Å²) in [6.45, 7) is 0.803. The fourth-order valence-electron chi connectivity index (χ4n) is 1.71. The summed E-state index contributed by atoms with van der Waals surface area (Å²) in [6.07, 6.45) is -1.92. The predicted molar refractivity (Wildman–Crippen MR) is 61.1 cm³/mol. The summed E-state index contributed by atoms with van der Waals surface area (Å²) in [5.74, 6) is -1.50. The Hall–Kier alpha value is -1.08. The predicted octanol–water partition coefficient (Wildman–Crippen LogP) is 3.10. The fourth-order valence-corrected chi connectivity index (χ4v) is 1.89. The fraction of sp³-hybridized carbons (Fsp3) is 0.636. The molecule has 0 bridgehead atoms. The first-order chi connectivity index (χ1) is 8.95. The second-order valence-corrected chi connectivity index (χ2v) is 4.54. The van der Waals surface area contributed by atoms with E-state index in [1.807, 2.05) is 0 Å². The molecule has 0 spiro atoms. The lowest BCUT2D eigenvalue weighted by Crippen LogP contribution is -2.26. The van der Waals surface area contributed by atoms with E-state index in [1.54, 1.807) is 0 Å². The van der Waals surface area contributed by atoms with Crippen molar-refractivity contribution in [2.24, 2.45) is 0 Å². The molecule has 19 heavy (non-hydrogen) atoms. The molecule has 2 rings (SSSR count). The van der Waals surface area contributed by atoms with Gasteiger partial charge in [0.25, 0.3) is 0 Å². The van der Waals surface area contributed by atoms with Crippen LogP contribution < -0.4 is 4.74 Å². The molecule has 1 aliphatic rings. The molecule has 0 amide bonds. The third-order valence-corrected chi connectivity index (χ3v) is 2.81. The van der Waals surface area contributed by atoms with Crippen LogP contribution in [0.3, 0.4) is 0 Å². The summed E-state index contributed by atoms with van der Waals surface area (Å²) < 4.78 is 48.0. The Morgan fingerprint density at radius 1 is 1.37 bits per heavy atom. The van der Waals surface area contributed by atoms with Crippen molar-refractivity contribution in [2.75, 3.05) is 13.2 Å². The first-order valence-electron chi connectivity index (χ1n) is 5.81. The molecular weight excluding hydrogens is 285 g/mol. The second-order valence-electron chi connectivity index (χ2n) is 4.15. The van der Waals surface area contributed by atoms with E-state index in [2.05, 4.69) is 9.97 Å². The van der Waals surface area contributed by atoms with Crippen LogP contribution in [0.4, 0.5) is 13.2 Å². The number of alkyl halides is 3. The normalized spacial score (nSPS) is 20.3. The van der Waals surface area contributed by atoms with E-state index < -0.39 is 12.0 Å². The summed E-state index contributed by atoms with van der Waals surface area (Å²) in [4.78, 5) is 6.41. The van der Waals surface area contributed by atoms with Gasteiger partial charge in [-0.3, -0.25) is 0 Å². The molecule has 0 aromatic carbocycles. The molecule has 2 heterocycles. The summed E-state index contributed by atoms with van der Waals surface area (Å²) in [5.41, 5.74) is 0. The maximum absolute atomic E-state index is 12.5. The Morgan fingerprint density at radius 3 is 2.79 bits per heavy atom. The third-order valence-electron chi connectivity index (χ3n) is 2.62. The molecule has 1 fully saturated rings. The van der Waals surface area contributed by atoms with Gasteiger partial charge in [0.15, 0.2) is 0 Å². The SMILES string of the molecule is FC(F)(F)c1nc(Cl)cc(OCC2CCCCO2)n1. The molecule has 1 aromatic heterocycles. The van der Waals surface area contributed by atoms with Crippen LogP contribution >= 0.6 is 11.6 Å². The van der Waals surface area contributed by atoms with E-state index in [1.165, 1.54) is 0 Å². The Morgan fingerprint density at radius 2 is 2.16 bits per heavy atom. The molecule has 0 radical (unpaired) electrons. The number of rotatable bonds is 3. The van der Waals surface area contributed by atoms with Gasteiger partial charge >= 0.3 is 6.18 Å². The van der Waals surface area contributed by atoms with Crippen LogP contribution in [-0.4, -0.2) is 29.3 Å². The summed E-state index contributed by atoms with van der Waals surface area (Å²) in [5, 5.41) is -0.304. The molecule has 0 N–H and O–H groups in total. The largest absolute Gasteiger partial charge is 0.475 e. The lowest BCUT2D eigenvalue weighted by molar-refractivity contribution is -0.145. The van der Waals surface area contributed by atoms with Gasteiger partial charge in [-0.05, 0) is 19.3 Å². The minimum atomic E-state index is -4.65. The topological polar surface area (TPSA) is 44.2 Å². The first kappa shape index (κ1) is 14.3. The average molecular weight is 297 g/mol. The second kappa shape index (κ2) is 5.92. The zero-order valence-electron chi connectivity index (χ0n) is 9.91. The number of hydrogen-bond acceptors (Lipinski definition) is 4. The van der Waals surface area contributed by atoms with Gasteiger partial charge in [0.05, 0.1) is 6.10 Å². The molecule has 106 valence electrons. The molecule has 1 aromatic rings. The van der Waals surface area contributed by atoms with E-state index in [9.17, 15) is 13.2 Å². The number of hydrogen-bond donors (Lipinski definition) is 0. The highest BCUT2D eigenvalue weighted by Crippen LogP contribution is 2.29. The molecule has 0 aliphatic carbocycles. The lowest BCUT2D eigenvalue weighted by atomic mass is 10.1. The highest BCUT2D eigenvalue weighted by Gasteiger charge is 2.35. The molecule has 1 atom stereocenters. The number of nitrogens with zero attached hydrogens (tertiary/aromatic N) is 2. The van der Waals surface area contributed by atoms with Crippen molar-refractivity contribution in [1.29, 1.82) is 0 Å². The minimum absolute atomic E-state index is 0.114. The van der Waals surface area contributed by atoms with Crippen molar-refractivity contribution in [2.45, 2.75) is 31.5 Å². The molecule has 8 heteroatoms. The zero-order valence-corrected chi connectivity index (χ0v) is 10.7. The molecule has 1 saturated heterocycles. The average Bonchev–Trinajstić information content (AvgIpc) is 2.36. The van der Waals surface area contributed by atoms with E-state index >= 15 is 0 Å². The maximum atomic E-state index is 12.5. The zero-order chi connectivity index (χ0) is 13.9. The van der Waals surface area contributed by atoms with Gasteiger partial charge in [0.1, 0.15) is 11.8 Å². The Balaban J connectivity index is 2.01. The van der Waals surface area contributed by atoms with E-state index in [-0.39, 0.29) is 23.7 Å². The molecule has 4 nitrogen and oxygen atoms in total. The first-order valence-corrected chi connectivity index (χ1v) is 6.19. The highest BCUT2D eigenvalue weighted by molar-refractivity contribution is 6.29. The molecule has 0 saturated carbocycles. The van der Waals surface area contributed by atoms with Crippen LogP contribution in [0.25, 0.3) is 0 Å². The minimum Gasteiger partial charge on any atom is -0.475 e. The van der Waals surface area contributed by atoms with Crippen molar-refractivity contribution in [3.63, 3.8) is 0 Å². The number of aromatic nitrogens is 2. The molecule has 1 aliphatic heterocycles. The Bertz CT molecular complexity index is 436. The van der Waals surface area contributed by atoms with E-state index in [0.29, 0.717) is 6.61 Å². The van der Waals surface area contributed by atoms with E-state index in [4.69, 9.17) is 21.1 Å². The van der Waals surface area contributed by atoms with Gasteiger partial charge in [-0.1, -0.05) is 11.6 Å². The summed E-state index contributed by atoms with van der Waals surface area (Å²) in [7, 11) is 0. The van der Waals surface area contributed by atoms with Crippen molar-refractivity contribution < 1.29 is 22.6 Å². The summed E-state index contributed by atoms with van der Waals surface area (Å²) >= 11 is 5.52. The standard InChI is InChI=1S/C11H12ClF3N2O2/c12-8-5-9(17-10(16-8)11(13,14)15)19-6-7-3-1-2-4-18-7/h5,7H,1-4,6H2. The maximum Gasteiger partial charge on any atom is 0.451 e. The van der Waals surface area contributed by atoms with Gasteiger partial charge in [-0.25, -0.2) is 4.98 Å². The van der Waals surface area contributed by atoms with Gasteiger partial charge < -0.3 is 9.47 Å². The third kappa shape index (κ3) is 4.21. The van der Waals surface area contributed by atoms with Crippen LogP contribution in [0.15, 0.2) is 6.07 Å². The van der Waals surface area contributed by atoms with Crippen molar-refractivity contribution >= 4 is 11.6 Å².